The fourth-order valence-electron chi connectivity index (χ4n) is 0.877. The summed E-state index contributed by atoms with van der Waals surface area (Å²) in [4.78, 5) is 0. The standard InChI is InChI=1S/C9H9Cl3O2/c10-9(11,12)6-14-5-7-1-3-8(13)4-2-7/h1-4,13H,5-6H2. The Hall–Kier alpha value is -0.150. The van der Waals surface area contributed by atoms with Gasteiger partial charge in [-0.25, -0.2) is 0 Å². The lowest BCUT2D eigenvalue weighted by atomic mass is 10.2. The van der Waals surface area contributed by atoms with Crippen LogP contribution in [0.25, 0.3) is 0 Å². The Morgan fingerprint density at radius 3 is 2.21 bits per heavy atom. The van der Waals surface area contributed by atoms with Gasteiger partial charge in [-0.05, 0) is 17.7 Å². The zero-order valence-electron chi connectivity index (χ0n) is 7.21. The maximum atomic E-state index is 9.01. The Morgan fingerprint density at radius 2 is 1.71 bits per heavy atom. The molecule has 0 aromatic heterocycles. The van der Waals surface area contributed by atoms with Gasteiger partial charge in [0, 0.05) is 0 Å². The molecule has 78 valence electrons. The molecular weight excluding hydrogens is 246 g/mol. The third-order valence-corrected chi connectivity index (χ3v) is 1.80. The van der Waals surface area contributed by atoms with Crippen molar-refractivity contribution in [1.29, 1.82) is 0 Å². The number of rotatable bonds is 3. The molecule has 0 atom stereocenters. The molecule has 2 nitrogen and oxygen atoms in total. The Morgan fingerprint density at radius 1 is 1.14 bits per heavy atom. The van der Waals surface area contributed by atoms with Crippen LogP contribution in [0, 0.1) is 0 Å². The average Bonchev–Trinajstić information content (AvgIpc) is 2.06. The van der Waals surface area contributed by atoms with Crippen molar-refractivity contribution in [1.82, 2.24) is 0 Å². The molecule has 0 aliphatic carbocycles. The van der Waals surface area contributed by atoms with Crippen LogP contribution in [0.3, 0.4) is 0 Å². The summed E-state index contributed by atoms with van der Waals surface area (Å²) in [5, 5.41) is 9.01. The van der Waals surface area contributed by atoms with Crippen LogP contribution in [0.1, 0.15) is 5.56 Å². The molecule has 0 heterocycles. The fourth-order valence-corrected chi connectivity index (χ4v) is 1.11. The minimum atomic E-state index is -1.38. The second-order valence-electron chi connectivity index (χ2n) is 2.77. The summed E-state index contributed by atoms with van der Waals surface area (Å²) >= 11 is 16.5. The molecule has 0 radical (unpaired) electrons. The Bertz CT molecular complexity index is 279. The molecule has 5 heteroatoms. The minimum Gasteiger partial charge on any atom is -0.508 e. The first-order valence-corrected chi connectivity index (χ1v) is 5.03. The number of ether oxygens (including phenoxy) is 1. The summed E-state index contributed by atoms with van der Waals surface area (Å²) in [6, 6.07) is 6.64. The zero-order valence-corrected chi connectivity index (χ0v) is 9.48. The highest BCUT2D eigenvalue weighted by atomic mass is 35.6. The number of hydrogen-bond donors (Lipinski definition) is 1. The number of phenols is 1. The summed E-state index contributed by atoms with van der Waals surface area (Å²) in [5.41, 5.74) is 0.914. The van der Waals surface area contributed by atoms with Crippen LogP contribution in [0.2, 0.25) is 0 Å². The van der Waals surface area contributed by atoms with Crippen molar-refractivity contribution in [3.63, 3.8) is 0 Å². The second-order valence-corrected chi connectivity index (χ2v) is 5.29. The lowest BCUT2D eigenvalue weighted by Crippen LogP contribution is -2.12. The fraction of sp³-hybridized carbons (Fsp3) is 0.333. The van der Waals surface area contributed by atoms with Crippen molar-refractivity contribution in [3.8, 4) is 5.75 Å². The van der Waals surface area contributed by atoms with Gasteiger partial charge in [-0.1, -0.05) is 46.9 Å². The van der Waals surface area contributed by atoms with Crippen LogP contribution in [-0.4, -0.2) is 15.5 Å². The van der Waals surface area contributed by atoms with Crippen LogP contribution < -0.4 is 0 Å². The molecule has 0 aliphatic rings. The van der Waals surface area contributed by atoms with E-state index in [1.165, 1.54) is 0 Å². The van der Waals surface area contributed by atoms with E-state index < -0.39 is 3.79 Å². The van der Waals surface area contributed by atoms with Gasteiger partial charge in [0.15, 0.2) is 0 Å². The topological polar surface area (TPSA) is 29.5 Å². The zero-order chi connectivity index (χ0) is 10.6. The summed E-state index contributed by atoms with van der Waals surface area (Å²) in [5.74, 6) is 0.218. The molecule has 0 fully saturated rings. The van der Waals surface area contributed by atoms with Gasteiger partial charge in [0.05, 0.1) is 13.2 Å². The van der Waals surface area contributed by atoms with Crippen molar-refractivity contribution in [3.05, 3.63) is 29.8 Å². The lowest BCUT2D eigenvalue weighted by molar-refractivity contribution is 0.126. The van der Waals surface area contributed by atoms with Gasteiger partial charge in [-0.15, -0.1) is 0 Å². The predicted molar refractivity (Wildman–Crippen MR) is 58.1 cm³/mol. The maximum Gasteiger partial charge on any atom is 0.213 e. The van der Waals surface area contributed by atoms with Crippen molar-refractivity contribution >= 4 is 34.8 Å². The number of aromatic hydroxyl groups is 1. The Kier molecular flexibility index (Phi) is 4.32. The average molecular weight is 256 g/mol. The van der Waals surface area contributed by atoms with Crippen LogP contribution in [0.15, 0.2) is 24.3 Å². The quantitative estimate of drug-likeness (QED) is 0.840. The van der Waals surface area contributed by atoms with E-state index >= 15 is 0 Å². The molecule has 1 N–H and O–H groups in total. The number of hydrogen-bond acceptors (Lipinski definition) is 2. The van der Waals surface area contributed by atoms with Gasteiger partial charge in [0.1, 0.15) is 5.75 Å². The van der Waals surface area contributed by atoms with E-state index in [4.69, 9.17) is 44.6 Å². The van der Waals surface area contributed by atoms with Gasteiger partial charge in [0.25, 0.3) is 0 Å². The van der Waals surface area contributed by atoms with Crippen molar-refractivity contribution in [2.24, 2.45) is 0 Å². The molecule has 0 aliphatic heterocycles. The first kappa shape index (κ1) is 11.9. The molecule has 1 aromatic rings. The molecule has 0 amide bonds. The van der Waals surface area contributed by atoms with E-state index in [2.05, 4.69) is 0 Å². The highest BCUT2D eigenvalue weighted by molar-refractivity contribution is 6.67. The number of benzene rings is 1. The van der Waals surface area contributed by atoms with Crippen molar-refractivity contribution in [2.45, 2.75) is 10.4 Å². The van der Waals surface area contributed by atoms with E-state index in [0.29, 0.717) is 6.61 Å². The monoisotopic (exact) mass is 254 g/mol. The largest absolute Gasteiger partial charge is 0.508 e. The molecule has 0 bridgehead atoms. The highest BCUT2D eigenvalue weighted by Gasteiger charge is 2.19. The first-order valence-electron chi connectivity index (χ1n) is 3.90. The summed E-state index contributed by atoms with van der Waals surface area (Å²) in [6.45, 7) is 0.396. The van der Waals surface area contributed by atoms with E-state index in [1.807, 2.05) is 0 Å². The highest BCUT2D eigenvalue weighted by Crippen LogP contribution is 2.26. The summed E-state index contributed by atoms with van der Waals surface area (Å²) in [7, 11) is 0. The predicted octanol–water partition coefficient (Wildman–Crippen LogP) is 3.28. The molecular formula is C9H9Cl3O2. The van der Waals surface area contributed by atoms with Crippen LogP contribution in [-0.2, 0) is 11.3 Å². The minimum absolute atomic E-state index is 0.0402. The van der Waals surface area contributed by atoms with E-state index in [0.717, 1.165) is 5.56 Å². The van der Waals surface area contributed by atoms with Gasteiger partial charge >= 0.3 is 0 Å². The third kappa shape index (κ3) is 4.91. The Labute approximate surface area is 97.3 Å². The molecule has 0 saturated heterocycles. The molecule has 0 unspecified atom stereocenters. The molecule has 0 spiro atoms. The summed E-state index contributed by atoms with van der Waals surface area (Å²) < 4.78 is 3.77. The lowest BCUT2D eigenvalue weighted by Gasteiger charge is -2.10. The van der Waals surface area contributed by atoms with Crippen LogP contribution >= 0.6 is 34.8 Å². The molecule has 14 heavy (non-hydrogen) atoms. The number of phenolic OH excluding ortho intramolecular Hbond substituents is 1. The smallest absolute Gasteiger partial charge is 0.213 e. The van der Waals surface area contributed by atoms with Crippen molar-refractivity contribution in [2.75, 3.05) is 6.61 Å². The van der Waals surface area contributed by atoms with E-state index in [1.54, 1.807) is 24.3 Å². The van der Waals surface area contributed by atoms with Gasteiger partial charge in [-0.3, -0.25) is 0 Å². The maximum absolute atomic E-state index is 9.01. The molecule has 0 saturated carbocycles. The molecule has 1 aromatic carbocycles. The van der Waals surface area contributed by atoms with Crippen LogP contribution in [0.5, 0.6) is 5.75 Å². The molecule has 1 rings (SSSR count). The van der Waals surface area contributed by atoms with E-state index in [-0.39, 0.29) is 12.4 Å². The number of halogens is 3. The van der Waals surface area contributed by atoms with Crippen molar-refractivity contribution < 1.29 is 9.84 Å². The van der Waals surface area contributed by atoms with Gasteiger partial charge < -0.3 is 9.84 Å². The Balaban J connectivity index is 2.35. The van der Waals surface area contributed by atoms with Gasteiger partial charge in [0.2, 0.25) is 3.79 Å². The van der Waals surface area contributed by atoms with E-state index in [9.17, 15) is 0 Å². The summed E-state index contributed by atoms with van der Waals surface area (Å²) in [6.07, 6.45) is 0. The SMILES string of the molecule is Oc1ccc(COCC(Cl)(Cl)Cl)cc1. The number of alkyl halides is 3. The first-order chi connectivity index (χ1) is 6.47. The second kappa shape index (κ2) is 5.08. The van der Waals surface area contributed by atoms with Crippen LogP contribution in [0.4, 0.5) is 0 Å². The van der Waals surface area contributed by atoms with Gasteiger partial charge in [-0.2, -0.15) is 0 Å². The third-order valence-electron chi connectivity index (χ3n) is 1.47. The normalized spacial score (nSPS) is 11.6.